The summed E-state index contributed by atoms with van der Waals surface area (Å²) in [5, 5.41) is 0. The quantitative estimate of drug-likeness (QED) is 0.727. The zero-order chi connectivity index (χ0) is 18.8. The number of methoxy groups -OCH3 is 1. The Balaban J connectivity index is 1.57. The third-order valence-corrected chi connectivity index (χ3v) is 4.70. The minimum Gasteiger partial charge on any atom is -0.491 e. The molecule has 0 aliphatic carbocycles. The molecule has 0 radical (unpaired) electrons. The third kappa shape index (κ3) is 3.62. The maximum atomic E-state index is 13.5. The van der Waals surface area contributed by atoms with Crippen molar-refractivity contribution in [2.24, 2.45) is 4.99 Å². The van der Waals surface area contributed by atoms with Crippen LogP contribution in [0.1, 0.15) is 16.8 Å². The van der Waals surface area contributed by atoms with Gasteiger partial charge < -0.3 is 14.4 Å². The number of aliphatic imine (C=N–C) groups is 1. The highest BCUT2D eigenvalue weighted by Gasteiger charge is 2.34. The summed E-state index contributed by atoms with van der Waals surface area (Å²) in [5.41, 5.74) is 3.39. The number of nitrogens with zero attached hydrogens (tertiary/aromatic N) is 4. The van der Waals surface area contributed by atoms with E-state index in [9.17, 15) is 8.78 Å². The van der Waals surface area contributed by atoms with Crippen LogP contribution in [0.2, 0.25) is 0 Å². The molecule has 6 nitrogen and oxygen atoms in total. The van der Waals surface area contributed by atoms with Gasteiger partial charge in [-0.2, -0.15) is 0 Å². The molecule has 0 amide bonds. The van der Waals surface area contributed by atoms with Crippen LogP contribution >= 0.6 is 0 Å². The summed E-state index contributed by atoms with van der Waals surface area (Å²) in [4.78, 5) is 14.7. The molecule has 0 saturated carbocycles. The Bertz CT molecular complexity index is 851. The molecule has 1 saturated heterocycles. The average Bonchev–Trinajstić information content (AvgIpc) is 3.25. The standard InChI is InChI=1S/C19H20F2N4O2/c1-26-4-5-27-13-3-2-12-8-22-19(14(12)6-13)17-7-18(24-11-23-17)25-9-15(20)16(21)10-25/h2-3,6-7,11,15-16H,4-5,8-10H2,1H3/t15-,16-/m0/s1. The van der Waals surface area contributed by atoms with Crippen molar-refractivity contribution in [2.45, 2.75) is 18.9 Å². The number of alkyl halides is 2. The van der Waals surface area contributed by atoms with Gasteiger partial charge in [0.15, 0.2) is 12.3 Å². The normalized spacial score (nSPS) is 21.3. The number of benzene rings is 1. The topological polar surface area (TPSA) is 59.8 Å². The fourth-order valence-corrected chi connectivity index (χ4v) is 3.28. The van der Waals surface area contributed by atoms with Crippen molar-refractivity contribution in [3.8, 4) is 5.75 Å². The van der Waals surface area contributed by atoms with Gasteiger partial charge in [0.1, 0.15) is 24.5 Å². The Morgan fingerprint density at radius 2 is 1.93 bits per heavy atom. The van der Waals surface area contributed by atoms with Gasteiger partial charge in [0.2, 0.25) is 0 Å². The first-order valence-corrected chi connectivity index (χ1v) is 8.80. The van der Waals surface area contributed by atoms with E-state index in [1.165, 1.54) is 6.33 Å². The molecule has 1 aromatic carbocycles. The summed E-state index contributed by atoms with van der Waals surface area (Å²) in [7, 11) is 1.63. The van der Waals surface area contributed by atoms with Gasteiger partial charge >= 0.3 is 0 Å². The lowest BCUT2D eigenvalue weighted by Crippen LogP contribution is -2.22. The Morgan fingerprint density at radius 1 is 1.11 bits per heavy atom. The van der Waals surface area contributed by atoms with Crippen LogP contribution in [-0.4, -0.2) is 61.4 Å². The summed E-state index contributed by atoms with van der Waals surface area (Å²) in [6.07, 6.45) is -1.57. The van der Waals surface area contributed by atoms with E-state index >= 15 is 0 Å². The molecule has 2 aliphatic heterocycles. The van der Waals surface area contributed by atoms with E-state index in [0.717, 1.165) is 22.6 Å². The highest BCUT2D eigenvalue weighted by Crippen LogP contribution is 2.28. The van der Waals surface area contributed by atoms with Crippen molar-refractivity contribution >= 4 is 11.5 Å². The molecule has 2 atom stereocenters. The number of anilines is 1. The van der Waals surface area contributed by atoms with E-state index < -0.39 is 12.3 Å². The van der Waals surface area contributed by atoms with Gasteiger partial charge in [0.25, 0.3) is 0 Å². The second-order valence-electron chi connectivity index (χ2n) is 6.52. The van der Waals surface area contributed by atoms with Crippen molar-refractivity contribution in [1.29, 1.82) is 0 Å². The SMILES string of the molecule is COCCOc1ccc2c(c1)C(c1cc(N3C[C@H](F)[C@@H](F)C3)ncn1)=NC2. The fraction of sp³-hybridized carbons (Fsp3) is 0.421. The molecule has 3 heterocycles. The average molecular weight is 374 g/mol. The molecule has 8 heteroatoms. The summed E-state index contributed by atoms with van der Waals surface area (Å²) in [6, 6.07) is 7.56. The van der Waals surface area contributed by atoms with Crippen molar-refractivity contribution in [3.63, 3.8) is 0 Å². The Labute approximate surface area is 155 Å². The van der Waals surface area contributed by atoms with Crippen LogP contribution in [-0.2, 0) is 11.3 Å². The first-order chi connectivity index (χ1) is 13.2. The number of hydrogen-bond acceptors (Lipinski definition) is 6. The zero-order valence-corrected chi connectivity index (χ0v) is 14.9. The predicted molar refractivity (Wildman–Crippen MR) is 97.2 cm³/mol. The molecule has 1 fully saturated rings. The predicted octanol–water partition coefficient (Wildman–Crippen LogP) is 2.35. The van der Waals surface area contributed by atoms with Crippen LogP contribution in [0, 0.1) is 0 Å². The van der Waals surface area contributed by atoms with E-state index in [1.54, 1.807) is 18.1 Å². The Morgan fingerprint density at radius 3 is 2.70 bits per heavy atom. The first-order valence-electron chi connectivity index (χ1n) is 8.80. The van der Waals surface area contributed by atoms with Crippen molar-refractivity contribution in [3.05, 3.63) is 47.4 Å². The van der Waals surface area contributed by atoms with E-state index in [-0.39, 0.29) is 13.1 Å². The van der Waals surface area contributed by atoms with Gasteiger partial charge in [-0.3, -0.25) is 4.99 Å². The molecule has 0 bridgehead atoms. The van der Waals surface area contributed by atoms with Crippen molar-refractivity contribution in [1.82, 2.24) is 9.97 Å². The molecular weight excluding hydrogens is 354 g/mol. The van der Waals surface area contributed by atoms with Gasteiger partial charge in [-0.05, 0) is 17.7 Å². The Kier molecular flexibility index (Phi) is 4.98. The molecule has 2 aliphatic rings. The lowest BCUT2D eigenvalue weighted by atomic mass is 10.0. The Hall–Kier alpha value is -2.61. The largest absolute Gasteiger partial charge is 0.491 e. The maximum absolute atomic E-state index is 13.5. The van der Waals surface area contributed by atoms with Gasteiger partial charge in [-0.25, -0.2) is 18.7 Å². The summed E-state index contributed by atoms with van der Waals surface area (Å²) >= 11 is 0. The van der Waals surface area contributed by atoms with Crippen molar-refractivity contribution < 1.29 is 18.3 Å². The van der Waals surface area contributed by atoms with Gasteiger partial charge in [-0.15, -0.1) is 0 Å². The van der Waals surface area contributed by atoms with Crippen LogP contribution in [0.15, 0.2) is 35.6 Å². The van der Waals surface area contributed by atoms with E-state index in [2.05, 4.69) is 15.0 Å². The van der Waals surface area contributed by atoms with E-state index in [0.29, 0.717) is 31.3 Å². The molecule has 2 aromatic rings. The second-order valence-corrected chi connectivity index (χ2v) is 6.52. The molecule has 1 aromatic heterocycles. The number of fused-ring (bicyclic) bond motifs is 1. The van der Waals surface area contributed by atoms with Crippen molar-refractivity contribution in [2.75, 3.05) is 38.3 Å². The maximum Gasteiger partial charge on any atom is 0.150 e. The number of rotatable bonds is 6. The lowest BCUT2D eigenvalue weighted by molar-refractivity contribution is 0.146. The zero-order valence-electron chi connectivity index (χ0n) is 14.9. The minimum atomic E-state index is -1.49. The minimum absolute atomic E-state index is 0.00181. The van der Waals surface area contributed by atoms with Gasteiger partial charge in [-0.1, -0.05) is 6.07 Å². The van der Waals surface area contributed by atoms with Crippen LogP contribution in [0.4, 0.5) is 14.6 Å². The first kappa shape index (κ1) is 17.8. The molecular formula is C19H20F2N4O2. The molecule has 0 N–H and O–H groups in total. The number of hydrogen-bond donors (Lipinski definition) is 0. The van der Waals surface area contributed by atoms with Gasteiger partial charge in [0, 0.05) is 18.7 Å². The molecule has 27 heavy (non-hydrogen) atoms. The molecule has 142 valence electrons. The monoisotopic (exact) mass is 374 g/mol. The summed E-state index contributed by atoms with van der Waals surface area (Å²) < 4.78 is 37.7. The van der Waals surface area contributed by atoms with Crippen LogP contribution in [0.5, 0.6) is 5.75 Å². The highest BCUT2D eigenvalue weighted by atomic mass is 19.2. The van der Waals surface area contributed by atoms with Crippen LogP contribution in [0.3, 0.4) is 0 Å². The lowest BCUT2D eigenvalue weighted by Gasteiger charge is -2.16. The third-order valence-electron chi connectivity index (χ3n) is 4.70. The number of ether oxygens (including phenoxy) is 2. The smallest absolute Gasteiger partial charge is 0.150 e. The highest BCUT2D eigenvalue weighted by molar-refractivity contribution is 6.14. The van der Waals surface area contributed by atoms with E-state index in [1.807, 2.05) is 18.2 Å². The molecule has 0 unspecified atom stereocenters. The molecule has 0 spiro atoms. The number of aromatic nitrogens is 2. The fourth-order valence-electron chi connectivity index (χ4n) is 3.28. The van der Waals surface area contributed by atoms with Crippen LogP contribution < -0.4 is 9.64 Å². The van der Waals surface area contributed by atoms with Gasteiger partial charge in [0.05, 0.1) is 37.6 Å². The molecule has 4 rings (SSSR count). The number of halogens is 2. The summed E-state index contributed by atoms with van der Waals surface area (Å²) in [6.45, 7) is 1.53. The summed E-state index contributed by atoms with van der Waals surface area (Å²) in [5.74, 6) is 1.24. The second kappa shape index (κ2) is 7.56. The van der Waals surface area contributed by atoms with Crippen LogP contribution in [0.25, 0.3) is 0 Å². The van der Waals surface area contributed by atoms with E-state index in [4.69, 9.17) is 9.47 Å².